The zero-order valence-electron chi connectivity index (χ0n) is 17.2. The number of hydrogen-bond acceptors (Lipinski definition) is 4. The molecule has 3 aromatic carbocycles. The number of anilines is 1. The van der Waals surface area contributed by atoms with E-state index in [0.29, 0.717) is 49.2 Å². The van der Waals surface area contributed by atoms with Crippen molar-refractivity contribution >= 4 is 11.6 Å². The molecular weight excluding hydrogens is 378 g/mol. The van der Waals surface area contributed by atoms with Crippen LogP contribution in [-0.2, 0) is 11.2 Å². The summed E-state index contributed by atoms with van der Waals surface area (Å²) in [7, 11) is 0. The molecule has 0 atom stereocenters. The fraction of sp³-hybridized carbons (Fsp3) is 0.240. The van der Waals surface area contributed by atoms with Crippen LogP contribution in [0.3, 0.4) is 0 Å². The molecule has 5 heteroatoms. The monoisotopic (exact) mass is 405 g/mol. The normalized spacial score (nSPS) is 10.4. The first-order valence-corrected chi connectivity index (χ1v) is 10.1. The minimum Gasteiger partial charge on any atom is -0.492 e. The first-order valence-electron chi connectivity index (χ1n) is 10.1. The number of rotatable bonds is 11. The Morgan fingerprint density at radius 1 is 0.767 bits per heavy atom. The average molecular weight is 405 g/mol. The van der Waals surface area contributed by atoms with Crippen molar-refractivity contribution in [3.8, 4) is 11.5 Å². The minimum atomic E-state index is -0.244. The second-order valence-corrected chi connectivity index (χ2v) is 6.58. The van der Waals surface area contributed by atoms with Gasteiger partial charge in [-0.2, -0.15) is 0 Å². The van der Waals surface area contributed by atoms with Crippen LogP contribution >= 0.6 is 0 Å². The van der Waals surface area contributed by atoms with Gasteiger partial charge in [-0.3, -0.25) is 4.79 Å². The number of para-hydroxylation sites is 3. The van der Waals surface area contributed by atoms with E-state index in [2.05, 4.69) is 17.4 Å². The molecule has 30 heavy (non-hydrogen) atoms. The maximum absolute atomic E-state index is 12.9. The summed E-state index contributed by atoms with van der Waals surface area (Å²) in [6, 6.07) is 24.7. The van der Waals surface area contributed by atoms with Crippen LogP contribution in [0.4, 0.5) is 5.69 Å². The molecule has 3 rings (SSSR count). The minimum absolute atomic E-state index is 0.244. The first-order chi connectivity index (χ1) is 14.8. The van der Waals surface area contributed by atoms with Crippen molar-refractivity contribution in [1.82, 2.24) is 0 Å². The van der Waals surface area contributed by atoms with E-state index < -0.39 is 0 Å². The van der Waals surface area contributed by atoms with Gasteiger partial charge in [-0.05, 0) is 36.8 Å². The predicted octanol–water partition coefficient (Wildman–Crippen LogP) is 4.98. The Bertz CT molecular complexity index is 927. The molecule has 0 spiro atoms. The molecule has 0 bridgehead atoms. The Kier molecular flexibility index (Phi) is 8.30. The van der Waals surface area contributed by atoms with Gasteiger partial charge in [0, 0.05) is 13.0 Å². The molecule has 1 amide bonds. The number of ether oxygens (including phenoxy) is 3. The number of hydrogen-bond donors (Lipinski definition) is 1. The maximum atomic E-state index is 12.9. The van der Waals surface area contributed by atoms with E-state index in [0.717, 1.165) is 6.42 Å². The van der Waals surface area contributed by atoms with Gasteiger partial charge >= 0.3 is 0 Å². The van der Waals surface area contributed by atoms with Crippen molar-refractivity contribution < 1.29 is 19.0 Å². The highest BCUT2D eigenvalue weighted by molar-refractivity contribution is 6.06. The zero-order chi connectivity index (χ0) is 21.0. The number of carbonyl (C=O) groups is 1. The summed E-state index contributed by atoms with van der Waals surface area (Å²) in [6.07, 6.45) is 0.771. The van der Waals surface area contributed by atoms with Crippen molar-refractivity contribution in [2.75, 3.05) is 31.7 Å². The number of carbonyl (C=O) groups excluding carboxylic acids is 1. The molecule has 0 saturated heterocycles. The largest absolute Gasteiger partial charge is 0.492 e. The van der Waals surface area contributed by atoms with Crippen molar-refractivity contribution in [3.05, 3.63) is 90.0 Å². The van der Waals surface area contributed by atoms with E-state index in [4.69, 9.17) is 14.2 Å². The highest BCUT2D eigenvalue weighted by Gasteiger charge is 2.14. The first kappa shape index (κ1) is 21.4. The molecule has 0 aliphatic heterocycles. The fourth-order valence-corrected chi connectivity index (χ4v) is 2.94. The second kappa shape index (κ2) is 11.6. The SMILES string of the molecule is CCOCCOc1ccccc1NC(=O)c1ccccc1OCCc1ccccc1. The van der Waals surface area contributed by atoms with Gasteiger partial charge < -0.3 is 19.5 Å². The van der Waals surface area contributed by atoms with Gasteiger partial charge in [0.25, 0.3) is 5.91 Å². The van der Waals surface area contributed by atoms with E-state index in [1.807, 2.05) is 67.6 Å². The van der Waals surface area contributed by atoms with Crippen LogP contribution in [0.5, 0.6) is 11.5 Å². The summed E-state index contributed by atoms with van der Waals surface area (Å²) >= 11 is 0. The molecular formula is C25H27NO4. The number of amides is 1. The van der Waals surface area contributed by atoms with Gasteiger partial charge in [-0.25, -0.2) is 0 Å². The van der Waals surface area contributed by atoms with Crippen LogP contribution in [0.2, 0.25) is 0 Å². The Morgan fingerprint density at radius 3 is 2.23 bits per heavy atom. The van der Waals surface area contributed by atoms with Crippen LogP contribution < -0.4 is 14.8 Å². The lowest BCUT2D eigenvalue weighted by Gasteiger charge is -2.14. The Morgan fingerprint density at radius 2 is 1.43 bits per heavy atom. The Hall–Kier alpha value is -3.31. The van der Waals surface area contributed by atoms with Crippen LogP contribution in [0, 0.1) is 0 Å². The standard InChI is InChI=1S/C25H27NO4/c1-2-28-18-19-30-24-15-9-7-13-22(24)26-25(27)21-12-6-8-14-23(21)29-17-16-20-10-4-3-5-11-20/h3-15H,2,16-19H2,1H3,(H,26,27). The third kappa shape index (κ3) is 6.36. The molecule has 1 N–H and O–H groups in total. The van der Waals surface area contributed by atoms with Crippen LogP contribution in [-0.4, -0.2) is 32.3 Å². The maximum Gasteiger partial charge on any atom is 0.259 e. The lowest BCUT2D eigenvalue weighted by molar-refractivity contribution is 0.102. The summed E-state index contributed by atoms with van der Waals surface area (Å²) in [6.45, 7) is 3.98. The third-order valence-electron chi connectivity index (χ3n) is 4.45. The van der Waals surface area contributed by atoms with Crippen LogP contribution in [0.1, 0.15) is 22.8 Å². The van der Waals surface area contributed by atoms with Gasteiger partial charge in [0.1, 0.15) is 18.1 Å². The molecule has 5 nitrogen and oxygen atoms in total. The molecule has 0 aliphatic rings. The van der Waals surface area contributed by atoms with Crippen molar-refractivity contribution in [2.24, 2.45) is 0 Å². The fourth-order valence-electron chi connectivity index (χ4n) is 2.94. The molecule has 0 radical (unpaired) electrons. The Labute approximate surface area is 177 Å². The molecule has 0 unspecified atom stereocenters. The van der Waals surface area contributed by atoms with E-state index in [-0.39, 0.29) is 5.91 Å². The molecule has 0 saturated carbocycles. The number of nitrogens with one attached hydrogen (secondary N) is 1. The summed E-state index contributed by atoms with van der Waals surface area (Å²) in [5.74, 6) is 0.917. The van der Waals surface area contributed by atoms with E-state index in [9.17, 15) is 4.79 Å². The quantitative estimate of drug-likeness (QED) is 0.457. The smallest absolute Gasteiger partial charge is 0.259 e. The van der Waals surface area contributed by atoms with E-state index in [1.165, 1.54) is 5.56 Å². The van der Waals surface area contributed by atoms with Crippen molar-refractivity contribution in [1.29, 1.82) is 0 Å². The van der Waals surface area contributed by atoms with E-state index >= 15 is 0 Å². The summed E-state index contributed by atoms with van der Waals surface area (Å²) in [4.78, 5) is 12.9. The van der Waals surface area contributed by atoms with Crippen LogP contribution in [0.25, 0.3) is 0 Å². The summed E-state index contributed by atoms with van der Waals surface area (Å²) in [5.41, 5.74) is 2.28. The molecule has 3 aromatic rings. The third-order valence-corrected chi connectivity index (χ3v) is 4.45. The molecule has 0 aromatic heterocycles. The van der Waals surface area contributed by atoms with Gasteiger partial charge in [-0.1, -0.05) is 54.6 Å². The van der Waals surface area contributed by atoms with Gasteiger partial charge in [0.05, 0.1) is 24.5 Å². The van der Waals surface area contributed by atoms with Crippen molar-refractivity contribution in [2.45, 2.75) is 13.3 Å². The average Bonchev–Trinajstić information content (AvgIpc) is 2.79. The predicted molar refractivity (Wildman–Crippen MR) is 118 cm³/mol. The van der Waals surface area contributed by atoms with Crippen molar-refractivity contribution in [3.63, 3.8) is 0 Å². The topological polar surface area (TPSA) is 56.8 Å². The molecule has 0 aliphatic carbocycles. The van der Waals surface area contributed by atoms with Gasteiger partial charge in [0.15, 0.2) is 0 Å². The highest BCUT2D eigenvalue weighted by Crippen LogP contribution is 2.26. The van der Waals surface area contributed by atoms with Gasteiger partial charge in [0.2, 0.25) is 0 Å². The van der Waals surface area contributed by atoms with E-state index in [1.54, 1.807) is 6.07 Å². The summed E-state index contributed by atoms with van der Waals surface area (Å²) in [5, 5.41) is 2.93. The lowest BCUT2D eigenvalue weighted by Crippen LogP contribution is -2.15. The highest BCUT2D eigenvalue weighted by atomic mass is 16.5. The second-order valence-electron chi connectivity index (χ2n) is 6.58. The lowest BCUT2D eigenvalue weighted by atomic mass is 10.1. The zero-order valence-corrected chi connectivity index (χ0v) is 17.2. The van der Waals surface area contributed by atoms with Crippen LogP contribution in [0.15, 0.2) is 78.9 Å². The Balaban J connectivity index is 1.63. The molecule has 156 valence electrons. The molecule has 0 fully saturated rings. The number of benzene rings is 3. The van der Waals surface area contributed by atoms with Gasteiger partial charge in [-0.15, -0.1) is 0 Å². The summed E-state index contributed by atoms with van der Waals surface area (Å²) < 4.78 is 17.0. The molecule has 0 heterocycles.